The molecule has 0 unspecified atom stereocenters. The van der Waals surface area contributed by atoms with Crippen LogP contribution in [0.5, 0.6) is 0 Å². The summed E-state index contributed by atoms with van der Waals surface area (Å²) < 4.78 is 0. The van der Waals surface area contributed by atoms with Gasteiger partial charge >= 0.3 is 0 Å². The van der Waals surface area contributed by atoms with E-state index in [1.165, 1.54) is 6.33 Å². The lowest BCUT2D eigenvalue weighted by Crippen LogP contribution is -2.04. The SMILES string of the molecule is NCCc1ncncc1Cl. The van der Waals surface area contributed by atoms with Crippen molar-refractivity contribution in [2.75, 3.05) is 6.54 Å². The third-order valence-electron chi connectivity index (χ3n) is 1.12. The largest absolute Gasteiger partial charge is 0.330 e. The topological polar surface area (TPSA) is 51.8 Å². The van der Waals surface area contributed by atoms with Crippen molar-refractivity contribution in [3.8, 4) is 0 Å². The van der Waals surface area contributed by atoms with Gasteiger partial charge in [0.15, 0.2) is 0 Å². The van der Waals surface area contributed by atoms with Gasteiger partial charge < -0.3 is 5.73 Å². The highest BCUT2D eigenvalue weighted by atomic mass is 35.5. The van der Waals surface area contributed by atoms with Crippen LogP contribution >= 0.6 is 11.6 Å². The smallest absolute Gasteiger partial charge is 0.115 e. The quantitative estimate of drug-likeness (QED) is 0.685. The summed E-state index contributed by atoms with van der Waals surface area (Å²) in [5.41, 5.74) is 6.13. The predicted molar refractivity (Wildman–Crippen MR) is 39.8 cm³/mol. The van der Waals surface area contributed by atoms with E-state index in [1.807, 2.05) is 0 Å². The zero-order chi connectivity index (χ0) is 7.40. The molecule has 10 heavy (non-hydrogen) atoms. The van der Waals surface area contributed by atoms with E-state index in [2.05, 4.69) is 9.97 Å². The van der Waals surface area contributed by atoms with Crippen LogP contribution in [0, 0.1) is 0 Å². The van der Waals surface area contributed by atoms with Crippen molar-refractivity contribution >= 4 is 11.6 Å². The molecule has 1 aromatic rings. The standard InChI is InChI=1S/C6H8ClN3/c7-5-3-9-4-10-6(5)1-2-8/h3-4H,1-2,8H2. The Kier molecular flexibility index (Phi) is 2.59. The molecule has 54 valence electrons. The summed E-state index contributed by atoms with van der Waals surface area (Å²) in [6.45, 7) is 0.566. The maximum atomic E-state index is 5.72. The minimum absolute atomic E-state index is 0.566. The van der Waals surface area contributed by atoms with E-state index >= 15 is 0 Å². The van der Waals surface area contributed by atoms with Gasteiger partial charge in [-0.3, -0.25) is 0 Å². The monoisotopic (exact) mass is 157 g/mol. The molecule has 0 atom stereocenters. The van der Waals surface area contributed by atoms with Gasteiger partial charge in [0.25, 0.3) is 0 Å². The first-order valence-electron chi connectivity index (χ1n) is 2.99. The van der Waals surface area contributed by atoms with E-state index in [0.717, 1.165) is 5.69 Å². The highest BCUT2D eigenvalue weighted by Gasteiger charge is 1.97. The fraction of sp³-hybridized carbons (Fsp3) is 0.333. The molecule has 0 saturated heterocycles. The summed E-state index contributed by atoms with van der Waals surface area (Å²) in [4.78, 5) is 7.69. The second-order valence-corrected chi connectivity index (χ2v) is 2.26. The molecule has 1 heterocycles. The number of nitrogens with zero attached hydrogens (tertiary/aromatic N) is 2. The van der Waals surface area contributed by atoms with Gasteiger partial charge in [-0.05, 0) is 6.54 Å². The highest BCUT2D eigenvalue weighted by molar-refractivity contribution is 6.31. The Bertz CT molecular complexity index is 214. The average Bonchev–Trinajstić information content (AvgIpc) is 1.94. The molecule has 4 heteroatoms. The van der Waals surface area contributed by atoms with Crippen LogP contribution in [0.25, 0.3) is 0 Å². The molecule has 1 aromatic heterocycles. The van der Waals surface area contributed by atoms with Gasteiger partial charge in [0, 0.05) is 12.6 Å². The van der Waals surface area contributed by atoms with Crippen LogP contribution in [0.4, 0.5) is 0 Å². The van der Waals surface area contributed by atoms with Gasteiger partial charge in [-0.15, -0.1) is 0 Å². The molecule has 1 rings (SSSR count). The summed E-state index contributed by atoms with van der Waals surface area (Å²) in [5, 5.41) is 0.591. The van der Waals surface area contributed by atoms with Gasteiger partial charge in [0.2, 0.25) is 0 Å². The fourth-order valence-corrected chi connectivity index (χ4v) is 0.858. The number of hydrogen-bond acceptors (Lipinski definition) is 3. The van der Waals surface area contributed by atoms with Crippen LogP contribution in [0.2, 0.25) is 5.02 Å². The first-order valence-corrected chi connectivity index (χ1v) is 3.37. The molecule has 0 aliphatic carbocycles. The maximum absolute atomic E-state index is 5.72. The predicted octanol–water partition coefficient (Wildman–Crippen LogP) is 0.631. The summed E-state index contributed by atoms with van der Waals surface area (Å²) in [7, 11) is 0. The van der Waals surface area contributed by atoms with Crippen LogP contribution in [-0.2, 0) is 6.42 Å². The molecule has 0 aliphatic heterocycles. The van der Waals surface area contributed by atoms with Crippen molar-refractivity contribution in [1.29, 1.82) is 0 Å². The number of rotatable bonds is 2. The Morgan fingerprint density at radius 3 is 3.00 bits per heavy atom. The third-order valence-corrected chi connectivity index (χ3v) is 1.44. The molecule has 2 N–H and O–H groups in total. The molecule has 0 amide bonds. The summed E-state index contributed by atoms with van der Waals surface area (Å²) in [5.74, 6) is 0. The first kappa shape index (κ1) is 7.44. The Balaban J connectivity index is 2.81. The lowest BCUT2D eigenvalue weighted by molar-refractivity contribution is 0.909. The van der Waals surface area contributed by atoms with Gasteiger partial charge in [0.1, 0.15) is 6.33 Å². The van der Waals surface area contributed by atoms with E-state index in [1.54, 1.807) is 6.20 Å². The molecule has 0 aromatic carbocycles. The van der Waals surface area contributed by atoms with Gasteiger partial charge in [-0.1, -0.05) is 11.6 Å². The Labute approximate surface area is 64.2 Å². The lowest BCUT2D eigenvalue weighted by Gasteiger charge is -1.97. The summed E-state index contributed by atoms with van der Waals surface area (Å²) in [6, 6.07) is 0. The van der Waals surface area contributed by atoms with Crippen LogP contribution in [0.15, 0.2) is 12.5 Å². The first-order chi connectivity index (χ1) is 4.84. The van der Waals surface area contributed by atoms with Gasteiger partial charge in [-0.25, -0.2) is 9.97 Å². The summed E-state index contributed by atoms with van der Waals surface area (Å²) >= 11 is 5.72. The molecule has 0 radical (unpaired) electrons. The zero-order valence-corrected chi connectivity index (χ0v) is 6.17. The normalized spacial score (nSPS) is 9.80. The molecular formula is C6H8ClN3. The average molecular weight is 158 g/mol. The number of hydrogen-bond donors (Lipinski definition) is 1. The minimum atomic E-state index is 0.566. The molecule has 0 saturated carbocycles. The Hall–Kier alpha value is -0.670. The molecule has 0 fully saturated rings. The second-order valence-electron chi connectivity index (χ2n) is 1.86. The fourth-order valence-electron chi connectivity index (χ4n) is 0.659. The number of halogens is 1. The van der Waals surface area contributed by atoms with Crippen molar-refractivity contribution in [2.45, 2.75) is 6.42 Å². The molecule has 0 bridgehead atoms. The molecular weight excluding hydrogens is 150 g/mol. The summed E-state index contributed by atoms with van der Waals surface area (Å²) in [6.07, 6.45) is 3.75. The van der Waals surface area contributed by atoms with E-state index < -0.39 is 0 Å². The van der Waals surface area contributed by atoms with Crippen molar-refractivity contribution in [3.63, 3.8) is 0 Å². The third kappa shape index (κ3) is 1.65. The van der Waals surface area contributed by atoms with Gasteiger partial charge in [-0.2, -0.15) is 0 Å². The number of nitrogens with two attached hydrogens (primary N) is 1. The maximum Gasteiger partial charge on any atom is 0.115 e. The van der Waals surface area contributed by atoms with Crippen molar-refractivity contribution < 1.29 is 0 Å². The Morgan fingerprint density at radius 1 is 1.60 bits per heavy atom. The van der Waals surface area contributed by atoms with Crippen LogP contribution in [0.3, 0.4) is 0 Å². The van der Waals surface area contributed by atoms with Crippen molar-refractivity contribution in [3.05, 3.63) is 23.2 Å². The van der Waals surface area contributed by atoms with Crippen LogP contribution in [-0.4, -0.2) is 16.5 Å². The van der Waals surface area contributed by atoms with Crippen molar-refractivity contribution in [1.82, 2.24) is 9.97 Å². The molecule has 3 nitrogen and oxygen atoms in total. The molecule has 0 aliphatic rings. The zero-order valence-electron chi connectivity index (χ0n) is 5.42. The van der Waals surface area contributed by atoms with Gasteiger partial charge in [0.05, 0.1) is 10.7 Å². The van der Waals surface area contributed by atoms with E-state index in [0.29, 0.717) is 18.0 Å². The lowest BCUT2D eigenvalue weighted by atomic mass is 10.3. The second kappa shape index (κ2) is 3.49. The van der Waals surface area contributed by atoms with Crippen LogP contribution in [0.1, 0.15) is 5.69 Å². The number of aromatic nitrogens is 2. The van der Waals surface area contributed by atoms with E-state index in [9.17, 15) is 0 Å². The highest BCUT2D eigenvalue weighted by Crippen LogP contribution is 2.09. The Morgan fingerprint density at radius 2 is 2.40 bits per heavy atom. The van der Waals surface area contributed by atoms with E-state index in [4.69, 9.17) is 17.3 Å². The van der Waals surface area contributed by atoms with E-state index in [-0.39, 0.29) is 0 Å². The van der Waals surface area contributed by atoms with Crippen LogP contribution < -0.4 is 5.73 Å². The van der Waals surface area contributed by atoms with Crippen molar-refractivity contribution in [2.24, 2.45) is 5.73 Å². The minimum Gasteiger partial charge on any atom is -0.330 e. The molecule has 0 spiro atoms.